The number of ketones is 1. The van der Waals surface area contributed by atoms with Gasteiger partial charge in [0.1, 0.15) is 17.5 Å². The number of Topliss-reactive ketones (excluding diaryl/α,β-unsaturated/α-hetero) is 1. The molecule has 2 rings (SSSR count). The average molecular weight is 348 g/mol. The molecule has 0 fully saturated rings. The number of hydrogen-bond donors (Lipinski definition) is 0. The van der Waals surface area contributed by atoms with Gasteiger partial charge < -0.3 is 4.90 Å². The Bertz CT molecular complexity index is 795. The van der Waals surface area contributed by atoms with Crippen LogP contribution in [0, 0.1) is 24.4 Å². The van der Waals surface area contributed by atoms with Crippen molar-refractivity contribution in [3.8, 4) is 0 Å². The summed E-state index contributed by atoms with van der Waals surface area (Å²) in [6, 6.07) is 6.01. The lowest BCUT2D eigenvalue weighted by atomic mass is 10.00. The van der Waals surface area contributed by atoms with Gasteiger partial charge in [0.15, 0.2) is 5.78 Å². The predicted octanol–water partition coefficient (Wildman–Crippen LogP) is 4.45. The van der Waals surface area contributed by atoms with Gasteiger partial charge in [-0.3, -0.25) is 4.79 Å². The number of carbonyl (C=O) groups is 1. The summed E-state index contributed by atoms with van der Waals surface area (Å²) in [5.41, 5.74) is 1.36. The van der Waals surface area contributed by atoms with Gasteiger partial charge in [-0.1, -0.05) is 0 Å². The van der Waals surface area contributed by atoms with Crippen molar-refractivity contribution in [2.45, 2.75) is 20.3 Å². The zero-order chi connectivity index (χ0) is 18.6. The van der Waals surface area contributed by atoms with Crippen LogP contribution in [0.5, 0.6) is 0 Å². The Morgan fingerprint density at radius 1 is 1.16 bits per heavy atom. The molecule has 0 spiro atoms. The molecular formula is C19H19F3N2O. The molecule has 0 aromatic heterocycles. The van der Waals surface area contributed by atoms with E-state index in [0.29, 0.717) is 23.4 Å². The molecule has 0 atom stereocenters. The third-order valence-electron chi connectivity index (χ3n) is 3.85. The molecule has 6 heteroatoms. The van der Waals surface area contributed by atoms with Gasteiger partial charge in [0.2, 0.25) is 0 Å². The summed E-state index contributed by atoms with van der Waals surface area (Å²) in [7, 11) is 1.89. The lowest BCUT2D eigenvalue weighted by Crippen LogP contribution is -2.14. The molecule has 0 heterocycles. The molecule has 0 aliphatic heterocycles. The Kier molecular flexibility index (Phi) is 5.96. The zero-order valence-electron chi connectivity index (χ0n) is 14.3. The highest BCUT2D eigenvalue weighted by molar-refractivity contribution is 5.98. The van der Waals surface area contributed by atoms with Crippen LogP contribution in [0.1, 0.15) is 28.4 Å². The number of carbonyl (C=O) groups excluding carboxylic acids is 1. The minimum absolute atomic E-state index is 0.323. The quantitative estimate of drug-likeness (QED) is 0.439. The number of hydrogen-bond acceptors (Lipinski definition) is 2. The maximum Gasteiger partial charge on any atom is 0.167 e. The van der Waals surface area contributed by atoms with Crippen LogP contribution in [0.15, 0.2) is 35.3 Å². The van der Waals surface area contributed by atoms with Crippen molar-refractivity contribution in [3.63, 3.8) is 0 Å². The molecule has 0 N–H and O–H groups in total. The Morgan fingerprint density at radius 3 is 2.36 bits per heavy atom. The summed E-state index contributed by atoms with van der Waals surface area (Å²) in [5.74, 6) is -3.59. The molecule has 2 aromatic rings. The molecular weight excluding hydrogens is 329 g/mol. The van der Waals surface area contributed by atoms with E-state index < -0.39 is 35.2 Å². The molecule has 2 aromatic carbocycles. The number of aliphatic imine (C=N–C) groups is 1. The molecule has 0 aliphatic carbocycles. The fourth-order valence-corrected chi connectivity index (χ4v) is 2.22. The first-order chi connectivity index (χ1) is 11.8. The van der Waals surface area contributed by atoms with Crippen molar-refractivity contribution >= 4 is 17.8 Å². The SMILES string of the molecule is CCN(C)C=Nc1ccc(C(=O)Cc2c(F)cc(F)cc2F)cc1C. The van der Waals surface area contributed by atoms with Crippen LogP contribution in [0.25, 0.3) is 0 Å². The van der Waals surface area contributed by atoms with Crippen LogP contribution in [-0.4, -0.2) is 30.6 Å². The van der Waals surface area contributed by atoms with Gasteiger partial charge in [-0.2, -0.15) is 0 Å². The second-order valence-corrected chi connectivity index (χ2v) is 5.77. The van der Waals surface area contributed by atoms with E-state index in [1.165, 1.54) is 0 Å². The average Bonchev–Trinajstić information content (AvgIpc) is 2.56. The first kappa shape index (κ1) is 18.7. The van der Waals surface area contributed by atoms with Gasteiger partial charge in [-0.15, -0.1) is 0 Å². The third-order valence-corrected chi connectivity index (χ3v) is 3.85. The van der Waals surface area contributed by atoms with Crippen molar-refractivity contribution in [3.05, 3.63) is 64.5 Å². The molecule has 0 aliphatic rings. The van der Waals surface area contributed by atoms with E-state index in [9.17, 15) is 18.0 Å². The van der Waals surface area contributed by atoms with Crippen LogP contribution in [0.3, 0.4) is 0 Å². The number of aryl methyl sites for hydroxylation is 1. The summed E-state index contributed by atoms with van der Waals surface area (Å²) in [5, 5.41) is 0. The van der Waals surface area contributed by atoms with Crippen LogP contribution < -0.4 is 0 Å². The Balaban J connectivity index is 2.21. The van der Waals surface area contributed by atoms with Gasteiger partial charge in [0.25, 0.3) is 0 Å². The summed E-state index contributed by atoms with van der Waals surface area (Å²) in [6.07, 6.45) is 1.21. The van der Waals surface area contributed by atoms with E-state index in [1.807, 2.05) is 18.9 Å². The van der Waals surface area contributed by atoms with Crippen molar-refractivity contribution in [1.29, 1.82) is 0 Å². The number of halogens is 3. The lowest BCUT2D eigenvalue weighted by Gasteiger charge is -2.10. The van der Waals surface area contributed by atoms with E-state index in [2.05, 4.69) is 4.99 Å². The molecule has 0 unspecified atom stereocenters. The lowest BCUT2D eigenvalue weighted by molar-refractivity contribution is 0.0990. The molecule has 0 saturated carbocycles. The van der Waals surface area contributed by atoms with E-state index in [0.717, 1.165) is 12.1 Å². The molecule has 0 saturated heterocycles. The minimum Gasteiger partial charge on any atom is -0.366 e. The Morgan fingerprint density at radius 2 is 1.80 bits per heavy atom. The van der Waals surface area contributed by atoms with E-state index in [4.69, 9.17) is 0 Å². The number of rotatable bonds is 6. The summed E-state index contributed by atoms with van der Waals surface area (Å²) in [6.45, 7) is 4.61. The first-order valence-electron chi connectivity index (χ1n) is 7.83. The molecule has 25 heavy (non-hydrogen) atoms. The monoisotopic (exact) mass is 348 g/mol. The molecule has 132 valence electrons. The molecule has 3 nitrogen and oxygen atoms in total. The zero-order valence-corrected chi connectivity index (χ0v) is 14.3. The molecule has 0 amide bonds. The fourth-order valence-electron chi connectivity index (χ4n) is 2.22. The highest BCUT2D eigenvalue weighted by atomic mass is 19.1. The molecule has 0 radical (unpaired) electrons. The van der Waals surface area contributed by atoms with Crippen LogP contribution in [0.2, 0.25) is 0 Å². The van der Waals surface area contributed by atoms with Gasteiger partial charge in [0, 0.05) is 43.3 Å². The summed E-state index contributed by atoms with van der Waals surface area (Å²) in [4.78, 5) is 18.5. The highest BCUT2D eigenvalue weighted by Crippen LogP contribution is 2.22. The Labute approximate surface area is 144 Å². The standard InChI is InChI=1S/C19H19F3N2O/c1-4-24(3)11-23-18-6-5-13(7-12(18)2)19(25)10-15-16(21)8-14(20)9-17(15)22/h5-9,11H,4,10H2,1-3H3. The highest BCUT2D eigenvalue weighted by Gasteiger charge is 2.17. The van der Waals surface area contributed by atoms with E-state index in [-0.39, 0.29) is 0 Å². The van der Waals surface area contributed by atoms with Gasteiger partial charge in [-0.05, 0) is 37.6 Å². The second-order valence-electron chi connectivity index (χ2n) is 5.77. The summed E-state index contributed by atoms with van der Waals surface area (Å²) < 4.78 is 40.3. The maximum absolute atomic E-state index is 13.7. The normalized spacial score (nSPS) is 11.1. The predicted molar refractivity (Wildman–Crippen MR) is 92.0 cm³/mol. The van der Waals surface area contributed by atoms with Crippen LogP contribution in [-0.2, 0) is 6.42 Å². The largest absolute Gasteiger partial charge is 0.366 e. The van der Waals surface area contributed by atoms with Gasteiger partial charge >= 0.3 is 0 Å². The second kappa shape index (κ2) is 7.96. The smallest absolute Gasteiger partial charge is 0.167 e. The first-order valence-corrected chi connectivity index (χ1v) is 7.83. The minimum atomic E-state index is -1.06. The van der Waals surface area contributed by atoms with Crippen molar-refractivity contribution in [1.82, 2.24) is 4.90 Å². The maximum atomic E-state index is 13.7. The molecule has 0 bridgehead atoms. The van der Waals surface area contributed by atoms with Crippen LogP contribution in [0.4, 0.5) is 18.9 Å². The van der Waals surface area contributed by atoms with Gasteiger partial charge in [-0.25, -0.2) is 18.2 Å². The van der Waals surface area contributed by atoms with E-state index >= 15 is 0 Å². The van der Waals surface area contributed by atoms with Crippen molar-refractivity contribution < 1.29 is 18.0 Å². The van der Waals surface area contributed by atoms with Crippen molar-refractivity contribution in [2.75, 3.05) is 13.6 Å². The van der Waals surface area contributed by atoms with Gasteiger partial charge in [0.05, 0.1) is 12.0 Å². The number of nitrogens with zero attached hydrogens (tertiary/aromatic N) is 2. The van der Waals surface area contributed by atoms with E-state index in [1.54, 1.807) is 31.5 Å². The van der Waals surface area contributed by atoms with Crippen LogP contribution >= 0.6 is 0 Å². The van der Waals surface area contributed by atoms with Crippen molar-refractivity contribution in [2.24, 2.45) is 4.99 Å². The Hall–Kier alpha value is -2.63. The topological polar surface area (TPSA) is 32.7 Å². The fraction of sp³-hybridized carbons (Fsp3) is 0.263. The summed E-state index contributed by atoms with van der Waals surface area (Å²) >= 11 is 0. The third kappa shape index (κ3) is 4.68. The number of benzene rings is 2.